The molecule has 0 spiro atoms. The van der Waals surface area contributed by atoms with Gasteiger partial charge in [0.05, 0.1) is 6.10 Å². The molecule has 0 heterocycles. The van der Waals surface area contributed by atoms with E-state index in [-0.39, 0.29) is 12.4 Å². The Hall–Kier alpha value is -0.570. The first kappa shape index (κ1) is 5.35. The predicted octanol–water partition coefficient (Wildman–Crippen LogP) is 1.75. The minimum Gasteiger partial charge on any atom is -0.387 e. The minimum absolute atomic E-state index is 0. The van der Waals surface area contributed by atoms with Crippen LogP contribution in [-0.4, -0.2) is 18.1 Å². The number of nitrogens with one attached hydrogen (secondary N) is 1. The molecule has 1 rings (SSSR count). The Morgan fingerprint density at radius 2 is 2.08 bits per heavy atom. The van der Waals surface area contributed by atoms with Gasteiger partial charge < -0.3 is 10.4 Å². The van der Waals surface area contributed by atoms with Gasteiger partial charge in [0.2, 0.25) is 0 Å². The van der Waals surface area contributed by atoms with Crippen LogP contribution in [0.2, 0.25) is 0 Å². The van der Waals surface area contributed by atoms with Crippen molar-refractivity contribution in [3.63, 3.8) is 0 Å². The summed E-state index contributed by atoms with van der Waals surface area (Å²) >= 11 is 0. The molecule has 0 radical (unpaired) electrons. The summed E-state index contributed by atoms with van der Waals surface area (Å²) in [6.07, 6.45) is -1.42. The molecule has 1 aromatic carbocycles. The second-order valence-corrected chi connectivity index (χ2v) is 2.48. The normalized spacial score (nSPS) is 23.2. The summed E-state index contributed by atoms with van der Waals surface area (Å²) in [6.45, 7) is -5.25. The Morgan fingerprint density at radius 3 is 2.62 bits per heavy atom. The summed E-state index contributed by atoms with van der Waals surface area (Å²) < 4.78 is 43.1. The van der Waals surface area contributed by atoms with Crippen LogP contribution in [0.1, 0.15) is 26.7 Å². The summed E-state index contributed by atoms with van der Waals surface area (Å²) in [6, 6.07) is 6.55. The fourth-order valence-corrected chi connectivity index (χ4v) is 0.922. The Kier molecular flexibility index (Phi) is 2.46. The molecule has 0 unspecified atom stereocenters. The summed E-state index contributed by atoms with van der Waals surface area (Å²) in [7, 11) is 0. The highest BCUT2D eigenvalue weighted by Gasteiger charge is 2.12. The number of benzene rings is 1. The number of rotatable bonds is 3. The smallest absolute Gasteiger partial charge is 0.0940 e. The molecule has 0 aliphatic heterocycles. The van der Waals surface area contributed by atoms with Crippen molar-refractivity contribution in [2.75, 3.05) is 6.98 Å². The molecule has 1 aromatic rings. The van der Waals surface area contributed by atoms with E-state index >= 15 is 0 Å². The molecule has 74 valence electrons. The largest absolute Gasteiger partial charge is 0.387 e. The van der Waals surface area contributed by atoms with Crippen LogP contribution in [-0.2, 0) is 0 Å². The second kappa shape index (κ2) is 5.97. The first-order valence-corrected chi connectivity index (χ1v) is 3.62. The monoisotopic (exact) mass is 207 g/mol. The molecule has 2 nitrogen and oxygen atoms in total. The van der Waals surface area contributed by atoms with Gasteiger partial charge in [-0.1, -0.05) is 30.3 Å². The number of aliphatic hydroxyl groups excluding tert-OH is 1. The van der Waals surface area contributed by atoms with Crippen molar-refractivity contribution >= 4 is 12.4 Å². The Morgan fingerprint density at radius 1 is 1.38 bits per heavy atom. The standard InChI is InChI=1S/C10H15NO.ClH/c1-8(11-2)10(12)9-6-4-3-5-7-9;/h3-8,10-12H,1-2H3;1H/t8-,10-;/m1./s1/i1D3,2D3;. The first-order valence-electron chi connectivity index (χ1n) is 6.62. The lowest BCUT2D eigenvalue weighted by Crippen LogP contribution is -2.28. The van der Waals surface area contributed by atoms with Crippen molar-refractivity contribution in [3.8, 4) is 0 Å². The average Bonchev–Trinajstić information content (AvgIpc) is 2.24. The third-order valence-corrected chi connectivity index (χ3v) is 1.61. The van der Waals surface area contributed by atoms with Gasteiger partial charge in [-0.05, 0) is 19.4 Å². The van der Waals surface area contributed by atoms with Gasteiger partial charge in [-0.2, -0.15) is 0 Å². The zero-order chi connectivity index (χ0) is 14.0. The highest BCUT2D eigenvalue weighted by atomic mass is 35.5. The quantitative estimate of drug-likeness (QED) is 0.792. The van der Waals surface area contributed by atoms with Crippen LogP contribution < -0.4 is 5.32 Å². The lowest BCUT2D eigenvalue weighted by molar-refractivity contribution is 0.140. The molecule has 0 aromatic heterocycles. The van der Waals surface area contributed by atoms with E-state index in [1.807, 2.05) is 5.32 Å². The molecule has 0 fully saturated rings. The molecule has 0 bridgehead atoms. The van der Waals surface area contributed by atoms with Crippen LogP contribution in [0.15, 0.2) is 30.3 Å². The van der Waals surface area contributed by atoms with E-state index in [1.165, 1.54) is 0 Å². The molecule has 2 N–H and O–H groups in total. The highest BCUT2D eigenvalue weighted by molar-refractivity contribution is 5.85. The number of hydrogen-bond donors (Lipinski definition) is 2. The van der Waals surface area contributed by atoms with E-state index in [9.17, 15) is 5.11 Å². The summed E-state index contributed by atoms with van der Waals surface area (Å²) in [5.41, 5.74) is 0.357. The lowest BCUT2D eigenvalue weighted by atomic mass is 10.0. The van der Waals surface area contributed by atoms with Gasteiger partial charge in [-0.15, -0.1) is 12.4 Å². The first-order chi connectivity index (χ1) is 8.11. The zero-order valence-corrected chi connectivity index (χ0v) is 7.71. The fraction of sp³-hybridized carbons (Fsp3) is 0.400. The number of halogens is 1. The minimum atomic E-state index is -2.63. The maximum Gasteiger partial charge on any atom is 0.0940 e. The summed E-state index contributed by atoms with van der Waals surface area (Å²) in [4.78, 5) is 0. The van der Waals surface area contributed by atoms with Crippen LogP contribution in [0.25, 0.3) is 0 Å². The van der Waals surface area contributed by atoms with Crippen LogP contribution in [0.5, 0.6) is 0 Å². The molecule has 13 heavy (non-hydrogen) atoms. The molecule has 0 aliphatic carbocycles. The van der Waals surface area contributed by atoms with Crippen molar-refractivity contribution in [1.29, 1.82) is 0 Å². The summed E-state index contributed by atoms with van der Waals surface area (Å²) in [5, 5.41) is 12.0. The maximum atomic E-state index is 10.0. The van der Waals surface area contributed by atoms with Gasteiger partial charge in [0.1, 0.15) is 0 Å². The Labute approximate surface area is 93.8 Å². The predicted molar refractivity (Wildman–Crippen MR) is 57.2 cm³/mol. The molecule has 0 aliphatic rings. The van der Waals surface area contributed by atoms with Gasteiger partial charge in [0, 0.05) is 14.3 Å². The Bertz CT molecular complexity index is 380. The van der Waals surface area contributed by atoms with E-state index in [1.54, 1.807) is 30.3 Å². The number of aliphatic hydroxyl groups is 1. The van der Waals surface area contributed by atoms with E-state index < -0.39 is 26.0 Å². The summed E-state index contributed by atoms with van der Waals surface area (Å²) in [5.74, 6) is 0. The van der Waals surface area contributed by atoms with Gasteiger partial charge >= 0.3 is 0 Å². The van der Waals surface area contributed by atoms with Crippen LogP contribution in [0, 0.1) is 0 Å². The third kappa shape index (κ3) is 3.35. The molecule has 0 amide bonds. The van der Waals surface area contributed by atoms with Crippen molar-refractivity contribution in [2.45, 2.75) is 19.0 Å². The van der Waals surface area contributed by atoms with Crippen LogP contribution in [0.3, 0.4) is 0 Å². The second-order valence-electron chi connectivity index (χ2n) is 2.48. The fourth-order valence-electron chi connectivity index (χ4n) is 0.922. The lowest BCUT2D eigenvalue weighted by Gasteiger charge is -2.17. The van der Waals surface area contributed by atoms with E-state index in [4.69, 9.17) is 8.22 Å². The molecule has 2 atom stereocenters. The Balaban J connectivity index is 0.00000324. The van der Waals surface area contributed by atoms with Crippen LogP contribution >= 0.6 is 12.4 Å². The van der Waals surface area contributed by atoms with Crippen molar-refractivity contribution in [1.82, 2.24) is 5.32 Å². The number of hydrogen-bond acceptors (Lipinski definition) is 2. The number of likely N-dealkylation sites (N-methyl/N-ethyl adjacent to an activating group) is 1. The van der Waals surface area contributed by atoms with Crippen molar-refractivity contribution in [3.05, 3.63) is 35.9 Å². The van der Waals surface area contributed by atoms with Crippen molar-refractivity contribution < 1.29 is 13.3 Å². The van der Waals surface area contributed by atoms with Gasteiger partial charge in [0.25, 0.3) is 0 Å². The van der Waals surface area contributed by atoms with Gasteiger partial charge in [0.15, 0.2) is 0 Å². The molecule has 3 heteroatoms. The molecular formula is C10H16ClNO. The van der Waals surface area contributed by atoms with Crippen molar-refractivity contribution in [2.24, 2.45) is 0 Å². The molecule has 0 saturated carbocycles. The van der Waals surface area contributed by atoms with Crippen LogP contribution in [0.4, 0.5) is 0 Å². The maximum absolute atomic E-state index is 10.0. The third-order valence-electron chi connectivity index (χ3n) is 1.61. The highest BCUT2D eigenvalue weighted by Crippen LogP contribution is 2.15. The van der Waals surface area contributed by atoms with E-state index in [0.29, 0.717) is 5.56 Å². The van der Waals surface area contributed by atoms with Gasteiger partial charge in [-0.25, -0.2) is 0 Å². The SMILES string of the molecule is Cl.[2H]C([2H])([2H])N[C@@H]([C@@H](O)c1ccccc1)C([2H])([2H])[2H]. The topological polar surface area (TPSA) is 32.3 Å². The van der Waals surface area contributed by atoms with Gasteiger partial charge in [-0.3, -0.25) is 0 Å². The van der Waals surface area contributed by atoms with E-state index in [2.05, 4.69) is 0 Å². The van der Waals surface area contributed by atoms with E-state index in [0.717, 1.165) is 0 Å². The average molecular weight is 208 g/mol. The zero-order valence-electron chi connectivity index (χ0n) is 12.9. The molecule has 0 saturated heterocycles. The molecular weight excluding hydrogens is 186 g/mol.